The smallest absolute Gasteiger partial charge is 0.127 e. The van der Waals surface area contributed by atoms with Crippen molar-refractivity contribution in [1.29, 1.82) is 0 Å². The molecule has 0 amide bonds. The van der Waals surface area contributed by atoms with E-state index in [0.717, 1.165) is 5.56 Å². The number of hydrogen-bond donors (Lipinski definition) is 2. The van der Waals surface area contributed by atoms with Gasteiger partial charge in [-0.05, 0) is 34.5 Å². The van der Waals surface area contributed by atoms with Crippen molar-refractivity contribution in [1.82, 2.24) is 0 Å². The van der Waals surface area contributed by atoms with Gasteiger partial charge < -0.3 is 15.6 Å². The van der Waals surface area contributed by atoms with Gasteiger partial charge in [-0.2, -0.15) is 11.3 Å². The summed E-state index contributed by atoms with van der Waals surface area (Å²) in [5, 5.41) is 13.8. The van der Waals surface area contributed by atoms with Crippen molar-refractivity contribution in [3.63, 3.8) is 0 Å². The van der Waals surface area contributed by atoms with Crippen molar-refractivity contribution in [3.8, 4) is 11.5 Å². The van der Waals surface area contributed by atoms with E-state index in [9.17, 15) is 5.11 Å². The molecular weight excluding hydrogens is 222 g/mol. The Balaban J connectivity index is 2.47. The van der Waals surface area contributed by atoms with Crippen molar-refractivity contribution < 1.29 is 9.84 Å². The average molecular weight is 235 g/mol. The number of methoxy groups -OCH3 is 1. The fourth-order valence-electron chi connectivity index (χ4n) is 1.64. The zero-order chi connectivity index (χ0) is 11.5. The summed E-state index contributed by atoms with van der Waals surface area (Å²) in [5.74, 6) is 0.775. The van der Waals surface area contributed by atoms with Gasteiger partial charge in [-0.25, -0.2) is 0 Å². The molecule has 0 fully saturated rings. The lowest BCUT2D eigenvalue weighted by Crippen LogP contribution is -2.12. The summed E-state index contributed by atoms with van der Waals surface area (Å²) in [7, 11) is 1.57. The van der Waals surface area contributed by atoms with E-state index in [-0.39, 0.29) is 11.8 Å². The van der Waals surface area contributed by atoms with E-state index in [2.05, 4.69) is 0 Å². The molecule has 2 rings (SSSR count). The van der Waals surface area contributed by atoms with E-state index in [1.807, 2.05) is 16.8 Å². The third-order valence-corrected chi connectivity index (χ3v) is 3.18. The molecule has 0 bridgehead atoms. The zero-order valence-electron chi connectivity index (χ0n) is 8.88. The fourth-order valence-corrected chi connectivity index (χ4v) is 2.34. The van der Waals surface area contributed by atoms with Gasteiger partial charge in [0.15, 0.2) is 0 Å². The largest absolute Gasteiger partial charge is 0.507 e. The Morgan fingerprint density at radius 2 is 2.19 bits per heavy atom. The SMILES string of the molecule is COc1cccc(O)c1[C@H](N)c1ccsc1. The van der Waals surface area contributed by atoms with E-state index < -0.39 is 0 Å². The predicted molar refractivity (Wildman–Crippen MR) is 65.0 cm³/mol. The van der Waals surface area contributed by atoms with Crippen LogP contribution in [-0.4, -0.2) is 12.2 Å². The molecule has 4 heteroatoms. The molecule has 3 N–H and O–H groups in total. The first-order valence-corrected chi connectivity index (χ1v) is 5.82. The molecule has 1 atom stereocenters. The maximum Gasteiger partial charge on any atom is 0.127 e. The molecular formula is C12H13NO2S. The predicted octanol–water partition coefficient (Wildman–Crippen LogP) is 2.51. The molecule has 0 saturated carbocycles. The molecule has 3 nitrogen and oxygen atoms in total. The highest BCUT2D eigenvalue weighted by molar-refractivity contribution is 7.08. The second kappa shape index (κ2) is 4.55. The van der Waals surface area contributed by atoms with Crippen LogP contribution in [0.3, 0.4) is 0 Å². The normalized spacial score (nSPS) is 12.4. The number of hydrogen-bond acceptors (Lipinski definition) is 4. The van der Waals surface area contributed by atoms with E-state index in [0.29, 0.717) is 11.3 Å². The van der Waals surface area contributed by atoms with Gasteiger partial charge in [0.2, 0.25) is 0 Å². The number of benzene rings is 1. The lowest BCUT2D eigenvalue weighted by molar-refractivity contribution is 0.397. The molecule has 1 aromatic carbocycles. The molecule has 0 saturated heterocycles. The lowest BCUT2D eigenvalue weighted by Gasteiger charge is -2.16. The van der Waals surface area contributed by atoms with E-state index >= 15 is 0 Å². The highest BCUT2D eigenvalue weighted by Crippen LogP contribution is 2.35. The highest BCUT2D eigenvalue weighted by atomic mass is 32.1. The van der Waals surface area contributed by atoms with Crippen LogP contribution in [0.5, 0.6) is 11.5 Å². The average Bonchev–Trinajstić information content (AvgIpc) is 2.81. The maximum absolute atomic E-state index is 9.84. The fraction of sp³-hybridized carbons (Fsp3) is 0.167. The summed E-state index contributed by atoms with van der Waals surface area (Å²) >= 11 is 1.58. The lowest BCUT2D eigenvalue weighted by atomic mass is 10.0. The number of thiophene rings is 1. The van der Waals surface area contributed by atoms with Crippen LogP contribution in [-0.2, 0) is 0 Å². The van der Waals surface area contributed by atoms with Crippen LogP contribution in [0.1, 0.15) is 17.2 Å². The van der Waals surface area contributed by atoms with Crippen LogP contribution in [0.15, 0.2) is 35.0 Å². The minimum Gasteiger partial charge on any atom is -0.507 e. The van der Waals surface area contributed by atoms with Crippen LogP contribution < -0.4 is 10.5 Å². The van der Waals surface area contributed by atoms with Gasteiger partial charge in [0.25, 0.3) is 0 Å². The Morgan fingerprint density at radius 3 is 2.81 bits per heavy atom. The van der Waals surface area contributed by atoms with Gasteiger partial charge in [-0.15, -0.1) is 0 Å². The minimum atomic E-state index is -0.359. The van der Waals surface area contributed by atoms with Crippen LogP contribution in [0.4, 0.5) is 0 Å². The van der Waals surface area contributed by atoms with Crippen molar-refractivity contribution in [2.45, 2.75) is 6.04 Å². The zero-order valence-corrected chi connectivity index (χ0v) is 9.70. The van der Waals surface area contributed by atoms with Crippen molar-refractivity contribution in [3.05, 3.63) is 46.2 Å². The molecule has 1 heterocycles. The molecule has 0 aliphatic rings. The summed E-state index contributed by atoms with van der Waals surface area (Å²) in [5.41, 5.74) is 7.71. The first-order chi connectivity index (χ1) is 7.74. The molecule has 16 heavy (non-hydrogen) atoms. The molecule has 0 spiro atoms. The van der Waals surface area contributed by atoms with E-state index in [1.165, 1.54) is 0 Å². The third-order valence-electron chi connectivity index (χ3n) is 2.48. The van der Waals surface area contributed by atoms with Crippen molar-refractivity contribution in [2.75, 3.05) is 7.11 Å². The molecule has 0 aliphatic heterocycles. The van der Waals surface area contributed by atoms with E-state index in [1.54, 1.807) is 36.6 Å². The number of aromatic hydroxyl groups is 1. The van der Waals surface area contributed by atoms with Gasteiger partial charge in [0, 0.05) is 0 Å². The quantitative estimate of drug-likeness (QED) is 0.859. The number of phenols is 1. The molecule has 1 aromatic heterocycles. The molecule has 0 radical (unpaired) electrons. The molecule has 0 aliphatic carbocycles. The van der Waals surface area contributed by atoms with Crippen LogP contribution in [0.2, 0.25) is 0 Å². The maximum atomic E-state index is 9.84. The van der Waals surface area contributed by atoms with Crippen molar-refractivity contribution >= 4 is 11.3 Å². The van der Waals surface area contributed by atoms with Crippen LogP contribution >= 0.6 is 11.3 Å². The third kappa shape index (κ3) is 1.89. The summed E-state index contributed by atoms with van der Waals surface area (Å²) in [4.78, 5) is 0. The topological polar surface area (TPSA) is 55.5 Å². The second-order valence-electron chi connectivity index (χ2n) is 3.43. The summed E-state index contributed by atoms with van der Waals surface area (Å²) in [6.07, 6.45) is 0. The first kappa shape index (κ1) is 11.0. The van der Waals surface area contributed by atoms with Gasteiger partial charge in [0.1, 0.15) is 11.5 Å². The number of phenolic OH excluding ortho intramolecular Hbond substituents is 1. The minimum absolute atomic E-state index is 0.165. The van der Waals surface area contributed by atoms with Gasteiger partial charge in [-0.1, -0.05) is 6.07 Å². The van der Waals surface area contributed by atoms with E-state index in [4.69, 9.17) is 10.5 Å². The molecule has 0 unspecified atom stereocenters. The summed E-state index contributed by atoms with van der Waals surface area (Å²) < 4.78 is 5.21. The second-order valence-corrected chi connectivity index (χ2v) is 4.21. The highest BCUT2D eigenvalue weighted by Gasteiger charge is 2.18. The Bertz CT molecular complexity index is 468. The Hall–Kier alpha value is -1.52. The summed E-state index contributed by atoms with van der Waals surface area (Å²) in [6, 6.07) is 6.73. The van der Waals surface area contributed by atoms with Gasteiger partial charge in [0.05, 0.1) is 18.7 Å². The van der Waals surface area contributed by atoms with Gasteiger partial charge in [-0.3, -0.25) is 0 Å². The van der Waals surface area contributed by atoms with Gasteiger partial charge >= 0.3 is 0 Å². The first-order valence-electron chi connectivity index (χ1n) is 4.87. The number of rotatable bonds is 3. The number of ether oxygens (including phenoxy) is 1. The molecule has 84 valence electrons. The standard InChI is InChI=1S/C12H13NO2S/c1-15-10-4-2-3-9(14)11(10)12(13)8-5-6-16-7-8/h2-7,12,14H,13H2,1H3/t12-/m1/s1. The Labute approximate surface area is 98.1 Å². The monoisotopic (exact) mass is 235 g/mol. The molecule has 2 aromatic rings. The summed E-state index contributed by atoms with van der Waals surface area (Å²) in [6.45, 7) is 0. The van der Waals surface area contributed by atoms with Crippen molar-refractivity contribution in [2.24, 2.45) is 5.73 Å². The Morgan fingerprint density at radius 1 is 1.38 bits per heavy atom. The van der Waals surface area contributed by atoms with Crippen LogP contribution in [0.25, 0.3) is 0 Å². The Kier molecular flexibility index (Phi) is 3.12. The number of nitrogens with two attached hydrogens (primary N) is 1. The van der Waals surface area contributed by atoms with Crippen LogP contribution in [0, 0.1) is 0 Å².